The summed E-state index contributed by atoms with van der Waals surface area (Å²) >= 11 is 1.65. The van der Waals surface area contributed by atoms with Crippen molar-refractivity contribution in [3.63, 3.8) is 0 Å². The highest BCUT2D eigenvalue weighted by Gasteiger charge is 2.23. The number of aryl methyl sites for hydroxylation is 1. The molecule has 0 saturated heterocycles. The van der Waals surface area contributed by atoms with Gasteiger partial charge in [0.25, 0.3) is 5.56 Å². The van der Waals surface area contributed by atoms with Crippen LogP contribution >= 0.6 is 11.3 Å². The van der Waals surface area contributed by atoms with Gasteiger partial charge in [0.05, 0.1) is 16.3 Å². The van der Waals surface area contributed by atoms with Crippen molar-refractivity contribution in [2.24, 2.45) is 0 Å². The van der Waals surface area contributed by atoms with Crippen LogP contribution in [0.1, 0.15) is 56.2 Å². The molecule has 0 aromatic carbocycles. The minimum atomic E-state index is -0.360. The number of rotatable bonds is 4. The Balaban J connectivity index is 1.68. The first kappa shape index (κ1) is 19.1. The normalized spacial score (nSPS) is 20.3. The standard InChI is InChI=1S/C20H26N4O3S/c1-11(2)19-22-23(10-18(26)21-13-5-4-6-14(25)8-13)20(27)16-9-17-15(24(16)19)7-12(3)28-17/h7,9,11,13-14,25H,4-6,8,10H2,1-3H3,(H,21,26)/t13?,14-/m1/s1. The minimum Gasteiger partial charge on any atom is -0.393 e. The first-order chi connectivity index (χ1) is 13.3. The largest absolute Gasteiger partial charge is 0.393 e. The lowest BCUT2D eigenvalue weighted by molar-refractivity contribution is -0.123. The van der Waals surface area contributed by atoms with Crippen molar-refractivity contribution in [3.05, 3.63) is 33.2 Å². The van der Waals surface area contributed by atoms with Gasteiger partial charge in [-0.3, -0.25) is 14.0 Å². The number of thiophene rings is 1. The van der Waals surface area contributed by atoms with E-state index in [9.17, 15) is 14.7 Å². The molecule has 1 aliphatic rings. The van der Waals surface area contributed by atoms with Crippen LogP contribution in [-0.2, 0) is 11.3 Å². The summed E-state index contributed by atoms with van der Waals surface area (Å²) < 4.78 is 4.25. The predicted octanol–water partition coefficient (Wildman–Crippen LogP) is 2.56. The van der Waals surface area contributed by atoms with Gasteiger partial charge in [0.2, 0.25) is 5.91 Å². The van der Waals surface area contributed by atoms with Crippen LogP contribution in [0.2, 0.25) is 0 Å². The first-order valence-corrected chi connectivity index (χ1v) is 10.6. The molecule has 3 aromatic rings. The molecule has 2 N–H and O–H groups in total. The quantitative estimate of drug-likeness (QED) is 0.702. The molecule has 3 heterocycles. The molecule has 1 saturated carbocycles. The monoisotopic (exact) mass is 402 g/mol. The summed E-state index contributed by atoms with van der Waals surface area (Å²) in [6, 6.07) is 3.93. The molecule has 0 aliphatic heterocycles. The van der Waals surface area contributed by atoms with Crippen LogP contribution in [0.3, 0.4) is 0 Å². The van der Waals surface area contributed by atoms with Crippen LogP contribution < -0.4 is 10.9 Å². The maximum absolute atomic E-state index is 13.0. The minimum absolute atomic E-state index is 0.0399. The molecular weight excluding hydrogens is 376 g/mol. The Labute approximate surface area is 167 Å². The zero-order valence-corrected chi connectivity index (χ0v) is 17.3. The Hall–Kier alpha value is -2.19. The van der Waals surface area contributed by atoms with Crippen molar-refractivity contribution in [1.82, 2.24) is 19.5 Å². The summed E-state index contributed by atoms with van der Waals surface area (Å²) in [5.74, 6) is 0.627. The third-order valence-corrected chi connectivity index (χ3v) is 6.33. The molecule has 8 heteroatoms. The Kier molecular flexibility index (Phi) is 5.01. The number of carbonyl (C=O) groups excluding carboxylic acids is 1. The summed E-state index contributed by atoms with van der Waals surface area (Å²) in [5.41, 5.74) is 1.30. The van der Waals surface area contributed by atoms with Gasteiger partial charge in [-0.05, 0) is 44.7 Å². The van der Waals surface area contributed by atoms with Gasteiger partial charge < -0.3 is 10.4 Å². The number of carbonyl (C=O) groups is 1. The molecule has 2 atom stereocenters. The third kappa shape index (κ3) is 3.46. The van der Waals surface area contributed by atoms with E-state index in [0.717, 1.165) is 35.3 Å². The number of nitrogens with one attached hydrogen (secondary N) is 1. The molecule has 3 aromatic heterocycles. The second-order valence-corrected chi connectivity index (χ2v) is 9.32. The van der Waals surface area contributed by atoms with Crippen molar-refractivity contribution < 1.29 is 9.90 Å². The Morgan fingerprint density at radius 2 is 2.14 bits per heavy atom. The van der Waals surface area contributed by atoms with E-state index < -0.39 is 0 Å². The molecule has 28 heavy (non-hydrogen) atoms. The topological polar surface area (TPSA) is 88.6 Å². The smallest absolute Gasteiger partial charge is 0.291 e. The molecule has 0 bridgehead atoms. The molecule has 1 fully saturated rings. The highest BCUT2D eigenvalue weighted by atomic mass is 32.1. The number of amides is 1. The first-order valence-electron chi connectivity index (χ1n) is 9.83. The Bertz CT molecular complexity index is 1090. The Morgan fingerprint density at radius 3 is 2.86 bits per heavy atom. The molecule has 0 radical (unpaired) electrons. The van der Waals surface area contributed by atoms with Gasteiger partial charge in [-0.1, -0.05) is 13.8 Å². The van der Waals surface area contributed by atoms with Gasteiger partial charge in [-0.2, -0.15) is 5.10 Å². The van der Waals surface area contributed by atoms with Gasteiger partial charge >= 0.3 is 0 Å². The number of hydrogen-bond donors (Lipinski definition) is 2. The summed E-state index contributed by atoms with van der Waals surface area (Å²) in [4.78, 5) is 26.7. The number of aromatic nitrogens is 3. The highest BCUT2D eigenvalue weighted by molar-refractivity contribution is 7.19. The molecule has 150 valence electrons. The fourth-order valence-corrected chi connectivity index (χ4v) is 4.99. The lowest BCUT2D eigenvalue weighted by Gasteiger charge is -2.26. The maximum atomic E-state index is 13.0. The van der Waals surface area contributed by atoms with Gasteiger partial charge in [-0.25, -0.2) is 4.68 Å². The number of aliphatic hydroxyl groups is 1. The maximum Gasteiger partial charge on any atom is 0.291 e. The van der Waals surface area contributed by atoms with E-state index in [2.05, 4.69) is 16.5 Å². The van der Waals surface area contributed by atoms with E-state index >= 15 is 0 Å². The fourth-order valence-electron chi connectivity index (χ4n) is 4.05. The highest BCUT2D eigenvalue weighted by Crippen LogP contribution is 2.29. The molecule has 1 aliphatic carbocycles. The lowest BCUT2D eigenvalue weighted by atomic mass is 9.93. The summed E-state index contributed by atoms with van der Waals surface area (Å²) in [6.45, 7) is 6.00. The molecular formula is C20H26N4O3S. The summed E-state index contributed by atoms with van der Waals surface area (Å²) in [5, 5.41) is 17.3. The van der Waals surface area contributed by atoms with Gasteiger partial charge in [0.15, 0.2) is 0 Å². The van der Waals surface area contributed by atoms with E-state index in [1.165, 1.54) is 9.56 Å². The third-order valence-electron chi connectivity index (χ3n) is 5.34. The number of nitrogens with zero attached hydrogens (tertiary/aromatic N) is 3. The van der Waals surface area contributed by atoms with E-state index in [4.69, 9.17) is 0 Å². The SMILES string of the molecule is Cc1cc2c(cc3c(=O)n(CC(=O)NC4CCC[C@@H](O)C4)nc(C(C)C)n32)s1. The molecule has 4 rings (SSSR count). The van der Waals surface area contributed by atoms with E-state index in [1.807, 2.05) is 31.2 Å². The Morgan fingerprint density at radius 1 is 1.36 bits per heavy atom. The van der Waals surface area contributed by atoms with Crippen LogP contribution in [0.25, 0.3) is 15.7 Å². The van der Waals surface area contributed by atoms with Crippen molar-refractivity contribution in [1.29, 1.82) is 0 Å². The van der Waals surface area contributed by atoms with Crippen molar-refractivity contribution in [3.8, 4) is 0 Å². The average Bonchev–Trinajstić information content (AvgIpc) is 3.13. The average molecular weight is 403 g/mol. The second kappa shape index (κ2) is 7.33. The van der Waals surface area contributed by atoms with Crippen molar-refractivity contribution in [2.45, 2.75) is 71.1 Å². The van der Waals surface area contributed by atoms with Crippen LogP contribution in [0.4, 0.5) is 0 Å². The molecule has 0 spiro atoms. The van der Waals surface area contributed by atoms with Crippen molar-refractivity contribution >= 4 is 33.0 Å². The second-order valence-electron chi connectivity index (χ2n) is 8.03. The van der Waals surface area contributed by atoms with E-state index in [1.54, 1.807) is 11.3 Å². The van der Waals surface area contributed by atoms with E-state index in [-0.39, 0.29) is 36.1 Å². The van der Waals surface area contributed by atoms with Crippen LogP contribution in [0, 0.1) is 6.92 Å². The molecule has 7 nitrogen and oxygen atoms in total. The number of hydrogen-bond acceptors (Lipinski definition) is 5. The zero-order chi connectivity index (χ0) is 20.0. The fraction of sp³-hybridized carbons (Fsp3) is 0.550. The van der Waals surface area contributed by atoms with Gasteiger partial charge in [0.1, 0.15) is 17.9 Å². The van der Waals surface area contributed by atoms with Crippen molar-refractivity contribution in [2.75, 3.05) is 0 Å². The lowest BCUT2D eigenvalue weighted by Crippen LogP contribution is -2.43. The van der Waals surface area contributed by atoms with Crippen LogP contribution in [0.15, 0.2) is 16.9 Å². The predicted molar refractivity (Wildman–Crippen MR) is 110 cm³/mol. The summed E-state index contributed by atoms with van der Waals surface area (Å²) in [6.07, 6.45) is 2.75. The van der Waals surface area contributed by atoms with E-state index in [0.29, 0.717) is 11.9 Å². The number of fused-ring (bicyclic) bond motifs is 3. The van der Waals surface area contributed by atoms with Gasteiger partial charge in [-0.15, -0.1) is 11.3 Å². The van der Waals surface area contributed by atoms with Crippen LogP contribution in [-0.4, -0.2) is 37.3 Å². The van der Waals surface area contributed by atoms with Crippen LogP contribution in [0.5, 0.6) is 0 Å². The molecule has 1 amide bonds. The zero-order valence-electron chi connectivity index (χ0n) is 16.4. The van der Waals surface area contributed by atoms with Gasteiger partial charge in [0, 0.05) is 16.8 Å². The number of aliphatic hydroxyl groups excluding tert-OH is 1. The molecule has 1 unspecified atom stereocenters. The summed E-state index contributed by atoms with van der Waals surface area (Å²) in [7, 11) is 0.